The van der Waals surface area contributed by atoms with Crippen molar-refractivity contribution in [3.63, 3.8) is 0 Å². The first-order valence-corrected chi connectivity index (χ1v) is 8.52. The van der Waals surface area contributed by atoms with Gasteiger partial charge in [0.05, 0.1) is 0 Å². The van der Waals surface area contributed by atoms with Crippen molar-refractivity contribution in [3.05, 3.63) is 54.0 Å². The van der Waals surface area contributed by atoms with Gasteiger partial charge in [0, 0.05) is 18.2 Å². The first-order valence-electron chi connectivity index (χ1n) is 8.52. The van der Waals surface area contributed by atoms with E-state index >= 15 is 0 Å². The van der Waals surface area contributed by atoms with E-state index in [2.05, 4.69) is 20.4 Å². The van der Waals surface area contributed by atoms with Gasteiger partial charge in [-0.1, -0.05) is 30.3 Å². The van der Waals surface area contributed by atoms with Gasteiger partial charge in [-0.05, 0) is 33.3 Å². The number of hydrogen-bond donors (Lipinski definition) is 1. The molecule has 3 rings (SSSR count). The topological polar surface area (TPSA) is 81.4 Å². The predicted octanol–water partition coefficient (Wildman–Crippen LogP) is 2.80. The Kier molecular flexibility index (Phi) is 4.88. The molecule has 0 aliphatic carbocycles. The van der Waals surface area contributed by atoms with Crippen molar-refractivity contribution >= 4 is 17.6 Å². The molecule has 3 aromatic rings. The molecule has 1 N–H and O–H groups in total. The number of benzene rings is 1. The van der Waals surface area contributed by atoms with Gasteiger partial charge >= 0.3 is 5.97 Å². The van der Waals surface area contributed by atoms with E-state index in [4.69, 9.17) is 4.74 Å². The minimum Gasteiger partial charge on any atom is -0.458 e. The third-order valence-electron chi connectivity index (χ3n) is 3.68. The first kappa shape index (κ1) is 17.8. The van der Waals surface area contributed by atoms with Crippen LogP contribution in [0.3, 0.4) is 0 Å². The van der Waals surface area contributed by atoms with Crippen molar-refractivity contribution < 1.29 is 9.53 Å². The first-order chi connectivity index (χ1) is 12.3. The summed E-state index contributed by atoms with van der Waals surface area (Å²) in [5.74, 6) is 0.816. The van der Waals surface area contributed by atoms with Gasteiger partial charge in [-0.15, -0.1) is 0 Å². The SMILES string of the molecule is Cc1cc(N[C@H](Cc2ccccc2)C(=O)OC(C)(C)C)n2ncnc2n1. The van der Waals surface area contributed by atoms with Crippen LogP contribution >= 0.6 is 0 Å². The highest BCUT2D eigenvalue weighted by Crippen LogP contribution is 2.17. The molecule has 0 fully saturated rings. The summed E-state index contributed by atoms with van der Waals surface area (Å²) in [4.78, 5) is 21.2. The fraction of sp³-hybridized carbons (Fsp3) is 0.368. The molecule has 2 aromatic heterocycles. The van der Waals surface area contributed by atoms with E-state index in [1.807, 2.05) is 64.1 Å². The minimum atomic E-state index is -0.565. The molecule has 0 saturated carbocycles. The Morgan fingerprint density at radius 3 is 2.69 bits per heavy atom. The largest absolute Gasteiger partial charge is 0.458 e. The summed E-state index contributed by atoms with van der Waals surface area (Å²) in [6.07, 6.45) is 1.93. The number of rotatable bonds is 5. The van der Waals surface area contributed by atoms with Crippen LogP contribution in [0.15, 0.2) is 42.7 Å². The number of anilines is 1. The molecule has 1 atom stereocenters. The zero-order chi connectivity index (χ0) is 18.7. The zero-order valence-electron chi connectivity index (χ0n) is 15.4. The molecule has 0 aliphatic heterocycles. The van der Waals surface area contributed by atoms with Crippen molar-refractivity contribution in [2.75, 3.05) is 5.32 Å². The molecule has 26 heavy (non-hydrogen) atoms. The van der Waals surface area contributed by atoms with Crippen LogP contribution in [0.1, 0.15) is 32.0 Å². The van der Waals surface area contributed by atoms with E-state index in [0.29, 0.717) is 18.0 Å². The average Bonchev–Trinajstić information content (AvgIpc) is 3.02. The number of carbonyl (C=O) groups excluding carboxylic acids is 1. The van der Waals surface area contributed by atoms with Crippen LogP contribution in [0.5, 0.6) is 0 Å². The maximum atomic E-state index is 12.8. The van der Waals surface area contributed by atoms with Crippen molar-refractivity contribution in [2.24, 2.45) is 0 Å². The molecule has 2 heterocycles. The normalized spacial score (nSPS) is 12.8. The number of aryl methyl sites for hydroxylation is 1. The highest BCUT2D eigenvalue weighted by Gasteiger charge is 2.26. The highest BCUT2D eigenvalue weighted by molar-refractivity contribution is 5.80. The van der Waals surface area contributed by atoms with E-state index in [1.165, 1.54) is 6.33 Å². The van der Waals surface area contributed by atoms with Gasteiger partial charge in [0.1, 0.15) is 23.8 Å². The van der Waals surface area contributed by atoms with E-state index in [9.17, 15) is 4.79 Å². The van der Waals surface area contributed by atoms with Gasteiger partial charge in [-0.2, -0.15) is 14.6 Å². The van der Waals surface area contributed by atoms with Gasteiger partial charge in [-0.25, -0.2) is 9.78 Å². The molecule has 1 aromatic carbocycles. The molecule has 0 aliphatic rings. The maximum absolute atomic E-state index is 12.8. The third kappa shape index (κ3) is 4.36. The number of hydrogen-bond acceptors (Lipinski definition) is 6. The van der Waals surface area contributed by atoms with Gasteiger partial charge in [0.2, 0.25) is 0 Å². The van der Waals surface area contributed by atoms with Gasteiger partial charge in [-0.3, -0.25) is 0 Å². The summed E-state index contributed by atoms with van der Waals surface area (Å²) in [6.45, 7) is 7.45. The lowest BCUT2D eigenvalue weighted by Crippen LogP contribution is -2.38. The summed E-state index contributed by atoms with van der Waals surface area (Å²) >= 11 is 0. The van der Waals surface area contributed by atoms with E-state index < -0.39 is 11.6 Å². The molecule has 7 heteroatoms. The number of ether oxygens (including phenoxy) is 1. The number of aromatic nitrogens is 4. The Bertz CT molecular complexity index is 899. The molecular formula is C19H23N5O2. The molecular weight excluding hydrogens is 330 g/mol. The highest BCUT2D eigenvalue weighted by atomic mass is 16.6. The number of esters is 1. The fourth-order valence-corrected chi connectivity index (χ4v) is 2.63. The minimum absolute atomic E-state index is 0.316. The number of carbonyl (C=O) groups is 1. The van der Waals surface area contributed by atoms with Crippen molar-refractivity contribution in [2.45, 2.75) is 45.8 Å². The lowest BCUT2D eigenvalue weighted by molar-refractivity contribution is -0.155. The van der Waals surface area contributed by atoms with Gasteiger partial charge < -0.3 is 10.1 Å². The summed E-state index contributed by atoms with van der Waals surface area (Å²) in [7, 11) is 0. The summed E-state index contributed by atoms with van der Waals surface area (Å²) in [6, 6.07) is 11.1. The summed E-state index contributed by atoms with van der Waals surface area (Å²) < 4.78 is 7.18. The van der Waals surface area contributed by atoms with Crippen LogP contribution in [0, 0.1) is 6.92 Å². The monoisotopic (exact) mass is 353 g/mol. The van der Waals surface area contributed by atoms with Gasteiger partial charge in [0.15, 0.2) is 0 Å². The number of nitrogens with one attached hydrogen (secondary N) is 1. The fourth-order valence-electron chi connectivity index (χ4n) is 2.63. The summed E-state index contributed by atoms with van der Waals surface area (Å²) in [5.41, 5.74) is 1.26. The van der Waals surface area contributed by atoms with Crippen molar-refractivity contribution in [1.29, 1.82) is 0 Å². The van der Waals surface area contributed by atoms with E-state index in [-0.39, 0.29) is 5.97 Å². The maximum Gasteiger partial charge on any atom is 0.329 e. The Hall–Kier alpha value is -2.96. The molecule has 0 saturated heterocycles. The van der Waals surface area contributed by atoms with Crippen LogP contribution in [0.4, 0.5) is 5.82 Å². The second-order valence-corrected chi connectivity index (χ2v) is 7.17. The van der Waals surface area contributed by atoms with Crippen LogP contribution in [0.25, 0.3) is 5.78 Å². The average molecular weight is 353 g/mol. The quantitative estimate of drug-likeness (QED) is 0.710. The Morgan fingerprint density at radius 1 is 1.27 bits per heavy atom. The number of fused-ring (bicyclic) bond motifs is 1. The molecule has 0 bridgehead atoms. The van der Waals surface area contributed by atoms with Crippen LogP contribution in [-0.2, 0) is 16.0 Å². The summed E-state index contributed by atoms with van der Waals surface area (Å²) in [5, 5.41) is 7.45. The third-order valence-corrected chi connectivity index (χ3v) is 3.68. The lowest BCUT2D eigenvalue weighted by Gasteiger charge is -2.25. The van der Waals surface area contributed by atoms with Crippen LogP contribution in [0.2, 0.25) is 0 Å². The predicted molar refractivity (Wildman–Crippen MR) is 98.9 cm³/mol. The Morgan fingerprint density at radius 2 is 2.00 bits per heavy atom. The standard InChI is InChI=1S/C19H23N5O2/c1-13-10-16(24-18(22-13)20-12-21-24)23-15(17(25)26-19(2,3)4)11-14-8-6-5-7-9-14/h5-10,12,15,23H,11H2,1-4H3/t15-/m1/s1. The smallest absolute Gasteiger partial charge is 0.329 e. The molecule has 0 amide bonds. The second-order valence-electron chi connectivity index (χ2n) is 7.17. The molecule has 7 nitrogen and oxygen atoms in total. The second kappa shape index (κ2) is 7.11. The molecule has 0 spiro atoms. The van der Waals surface area contributed by atoms with Crippen LogP contribution < -0.4 is 5.32 Å². The van der Waals surface area contributed by atoms with Crippen molar-refractivity contribution in [3.8, 4) is 0 Å². The molecule has 0 radical (unpaired) electrons. The van der Waals surface area contributed by atoms with Crippen molar-refractivity contribution in [1.82, 2.24) is 19.6 Å². The molecule has 0 unspecified atom stereocenters. The van der Waals surface area contributed by atoms with Crippen LogP contribution in [-0.4, -0.2) is 37.2 Å². The Balaban J connectivity index is 1.91. The Labute approximate surface area is 152 Å². The zero-order valence-corrected chi connectivity index (χ0v) is 15.4. The lowest BCUT2D eigenvalue weighted by atomic mass is 10.1. The number of nitrogens with zero attached hydrogens (tertiary/aromatic N) is 4. The molecule has 136 valence electrons. The van der Waals surface area contributed by atoms with E-state index in [0.717, 1.165) is 11.3 Å². The van der Waals surface area contributed by atoms with Gasteiger partial charge in [0.25, 0.3) is 5.78 Å². The van der Waals surface area contributed by atoms with E-state index in [1.54, 1.807) is 4.52 Å².